The molecule has 0 radical (unpaired) electrons. The van der Waals surface area contributed by atoms with E-state index in [-0.39, 0.29) is 12.7 Å². The van der Waals surface area contributed by atoms with Crippen LogP contribution < -0.4 is 15.4 Å². The molecule has 3 aromatic rings. The van der Waals surface area contributed by atoms with Crippen molar-refractivity contribution in [2.75, 3.05) is 13.1 Å². The molecule has 5 rings (SSSR count). The Bertz CT molecular complexity index is 1230. The van der Waals surface area contributed by atoms with Crippen molar-refractivity contribution < 1.29 is 23.0 Å². The number of halogens is 2. The van der Waals surface area contributed by atoms with Crippen molar-refractivity contribution in [3.05, 3.63) is 83.4 Å². The van der Waals surface area contributed by atoms with Crippen LogP contribution in [0.15, 0.2) is 60.7 Å². The van der Waals surface area contributed by atoms with Crippen LogP contribution in [0.2, 0.25) is 0 Å². The van der Waals surface area contributed by atoms with Gasteiger partial charge >= 0.3 is 6.09 Å². The Morgan fingerprint density at radius 3 is 2.51 bits per heavy atom. The second kappa shape index (κ2) is 9.26. The van der Waals surface area contributed by atoms with Crippen LogP contribution in [0.4, 0.5) is 13.6 Å². The van der Waals surface area contributed by atoms with Gasteiger partial charge in [0, 0.05) is 36.6 Å². The van der Waals surface area contributed by atoms with Gasteiger partial charge in [-0.2, -0.15) is 0 Å². The van der Waals surface area contributed by atoms with Crippen molar-refractivity contribution in [2.45, 2.75) is 32.1 Å². The van der Waals surface area contributed by atoms with Crippen LogP contribution in [0.3, 0.4) is 0 Å². The normalized spacial score (nSPS) is 20.7. The lowest BCUT2D eigenvalue weighted by Gasteiger charge is -2.27. The van der Waals surface area contributed by atoms with Crippen molar-refractivity contribution in [3.8, 4) is 17.1 Å². The Morgan fingerprint density at radius 1 is 1.06 bits per heavy atom. The monoisotopic (exact) mass is 479 g/mol. The summed E-state index contributed by atoms with van der Waals surface area (Å²) >= 11 is 0. The van der Waals surface area contributed by atoms with Crippen LogP contribution in [0.1, 0.15) is 25.0 Å². The molecule has 1 saturated carbocycles. The number of fused-ring (bicyclic) bond motifs is 1. The molecule has 1 amide bonds. The van der Waals surface area contributed by atoms with Gasteiger partial charge in [-0.1, -0.05) is 30.3 Å². The smallest absolute Gasteiger partial charge is 0.408 e. The average molecular weight is 480 g/mol. The molecule has 1 unspecified atom stereocenters. The lowest BCUT2D eigenvalue weighted by molar-refractivity contribution is 0.129. The standard InChI is InChI=1S/C27H27F2N3O3/c1-27(2,32-26(33)34-15-16-6-4-3-5-7-16)18-11-23(17-8-9-21(28)22(29)10-17)31-24(12-18)35-25-19-13-30-14-20(19)25/h3-12,19-20,25,30H,13-15H2,1-2H3,(H,32,33)/t19-,20+,25?. The van der Waals surface area contributed by atoms with Crippen molar-refractivity contribution in [2.24, 2.45) is 11.8 Å². The first kappa shape index (κ1) is 23.2. The highest BCUT2D eigenvalue weighted by molar-refractivity contribution is 5.69. The molecule has 3 atom stereocenters. The molecule has 6 nitrogen and oxygen atoms in total. The number of pyridine rings is 1. The number of nitrogens with one attached hydrogen (secondary N) is 2. The zero-order valence-corrected chi connectivity index (χ0v) is 19.6. The summed E-state index contributed by atoms with van der Waals surface area (Å²) in [5, 5.41) is 6.22. The SMILES string of the molecule is CC(C)(NC(=O)OCc1ccccc1)c1cc(OC2[C@H]3CNC[C@@H]23)nc(-c2ccc(F)c(F)c2)c1. The Hall–Kier alpha value is -3.52. The number of carbonyl (C=O) groups excluding carboxylic acids is 1. The minimum absolute atomic E-state index is 0.0729. The van der Waals surface area contributed by atoms with Gasteiger partial charge in [0.1, 0.15) is 12.7 Å². The van der Waals surface area contributed by atoms with Crippen LogP contribution in [0.25, 0.3) is 11.3 Å². The third kappa shape index (κ3) is 5.12. The molecule has 1 aliphatic heterocycles. The highest BCUT2D eigenvalue weighted by Gasteiger charge is 2.55. The fourth-order valence-electron chi connectivity index (χ4n) is 4.49. The van der Waals surface area contributed by atoms with Gasteiger partial charge in [-0.05, 0) is 49.2 Å². The molecule has 0 spiro atoms. The second-order valence-corrected chi connectivity index (χ2v) is 9.59. The van der Waals surface area contributed by atoms with Gasteiger partial charge in [-0.15, -0.1) is 0 Å². The zero-order valence-electron chi connectivity index (χ0n) is 19.6. The topological polar surface area (TPSA) is 72.5 Å². The summed E-state index contributed by atoms with van der Waals surface area (Å²) in [5.41, 5.74) is 1.56. The van der Waals surface area contributed by atoms with Gasteiger partial charge in [-0.25, -0.2) is 18.6 Å². The van der Waals surface area contributed by atoms with E-state index in [9.17, 15) is 13.6 Å². The van der Waals surface area contributed by atoms with E-state index in [2.05, 4.69) is 15.6 Å². The summed E-state index contributed by atoms with van der Waals surface area (Å²) in [5.74, 6) is -0.601. The first-order valence-corrected chi connectivity index (χ1v) is 11.6. The maximum absolute atomic E-state index is 14.0. The highest BCUT2D eigenvalue weighted by atomic mass is 19.2. The third-order valence-electron chi connectivity index (χ3n) is 6.64. The summed E-state index contributed by atoms with van der Waals surface area (Å²) in [4.78, 5) is 17.1. The fraction of sp³-hybridized carbons (Fsp3) is 0.333. The zero-order chi connectivity index (χ0) is 24.6. The summed E-state index contributed by atoms with van der Waals surface area (Å²) in [6.45, 7) is 5.63. The summed E-state index contributed by atoms with van der Waals surface area (Å²) in [7, 11) is 0. The quantitative estimate of drug-likeness (QED) is 0.510. The molecule has 2 N–H and O–H groups in total. The van der Waals surface area contributed by atoms with Crippen molar-refractivity contribution in [1.29, 1.82) is 0 Å². The maximum Gasteiger partial charge on any atom is 0.408 e. The average Bonchev–Trinajstić information content (AvgIpc) is 3.24. The molecule has 2 heterocycles. The highest BCUT2D eigenvalue weighted by Crippen LogP contribution is 2.44. The number of hydrogen-bond acceptors (Lipinski definition) is 5. The predicted octanol–water partition coefficient (Wildman–Crippen LogP) is 4.78. The molecule has 2 fully saturated rings. The molecule has 182 valence electrons. The molecular formula is C27H27F2N3O3. The molecule has 8 heteroatoms. The largest absolute Gasteiger partial charge is 0.474 e. The van der Waals surface area contributed by atoms with Gasteiger partial charge in [0.15, 0.2) is 11.6 Å². The lowest BCUT2D eigenvalue weighted by atomic mass is 9.93. The summed E-state index contributed by atoms with van der Waals surface area (Å²) in [6, 6.07) is 16.6. The number of rotatable bonds is 7. The Labute approximate surface area is 202 Å². The number of alkyl carbamates (subject to hydrolysis) is 1. The van der Waals surface area contributed by atoms with Crippen LogP contribution in [0, 0.1) is 23.5 Å². The number of aromatic nitrogens is 1. The van der Waals surface area contributed by atoms with E-state index in [1.54, 1.807) is 12.1 Å². The first-order valence-electron chi connectivity index (χ1n) is 11.6. The molecule has 2 aliphatic rings. The van der Waals surface area contributed by atoms with E-state index in [4.69, 9.17) is 9.47 Å². The van der Waals surface area contributed by atoms with Gasteiger partial charge in [-0.3, -0.25) is 0 Å². The number of hydrogen-bond donors (Lipinski definition) is 2. The van der Waals surface area contributed by atoms with E-state index >= 15 is 0 Å². The lowest BCUT2D eigenvalue weighted by Crippen LogP contribution is -2.41. The van der Waals surface area contributed by atoms with Crippen molar-refractivity contribution >= 4 is 6.09 Å². The van der Waals surface area contributed by atoms with Crippen LogP contribution >= 0.6 is 0 Å². The Morgan fingerprint density at radius 2 is 1.80 bits per heavy atom. The van der Waals surface area contributed by atoms with Gasteiger partial charge in [0.25, 0.3) is 0 Å². The van der Waals surface area contributed by atoms with Crippen LogP contribution in [-0.4, -0.2) is 30.3 Å². The minimum Gasteiger partial charge on any atom is -0.474 e. The number of piperidine rings is 1. The van der Waals surface area contributed by atoms with E-state index in [1.807, 2.05) is 44.2 Å². The summed E-state index contributed by atoms with van der Waals surface area (Å²) < 4.78 is 39.1. The Kier molecular flexibility index (Phi) is 6.15. The third-order valence-corrected chi connectivity index (χ3v) is 6.64. The first-order chi connectivity index (χ1) is 16.8. The van der Waals surface area contributed by atoms with Gasteiger partial charge in [0.2, 0.25) is 5.88 Å². The fourth-order valence-corrected chi connectivity index (χ4v) is 4.49. The number of benzene rings is 2. The van der Waals surface area contributed by atoms with E-state index < -0.39 is 23.3 Å². The molecule has 35 heavy (non-hydrogen) atoms. The van der Waals surface area contributed by atoms with E-state index in [0.717, 1.165) is 30.8 Å². The van der Waals surface area contributed by atoms with Crippen molar-refractivity contribution in [3.63, 3.8) is 0 Å². The number of ether oxygens (including phenoxy) is 2. The van der Waals surface area contributed by atoms with Gasteiger partial charge in [0.05, 0.1) is 11.2 Å². The predicted molar refractivity (Wildman–Crippen MR) is 127 cm³/mol. The second-order valence-electron chi connectivity index (χ2n) is 9.59. The molecule has 1 aromatic heterocycles. The van der Waals surface area contributed by atoms with Gasteiger partial charge < -0.3 is 20.1 Å². The minimum atomic E-state index is -0.957. The van der Waals surface area contributed by atoms with Crippen molar-refractivity contribution in [1.82, 2.24) is 15.6 Å². The van der Waals surface area contributed by atoms with E-state index in [1.165, 1.54) is 6.07 Å². The number of amides is 1. The molecule has 2 aromatic carbocycles. The molecule has 0 bridgehead atoms. The van der Waals surface area contributed by atoms with Crippen LogP contribution in [0.5, 0.6) is 5.88 Å². The Balaban J connectivity index is 1.38. The molecule has 1 aliphatic carbocycles. The van der Waals surface area contributed by atoms with E-state index in [0.29, 0.717) is 34.5 Å². The molecule has 1 saturated heterocycles. The van der Waals surface area contributed by atoms with Crippen LogP contribution in [-0.2, 0) is 16.9 Å². The maximum atomic E-state index is 14.0. The molecular weight excluding hydrogens is 452 g/mol. The number of carbonyl (C=O) groups is 1. The summed E-state index contributed by atoms with van der Waals surface area (Å²) in [6.07, 6.45) is -0.501. The number of nitrogens with zero attached hydrogens (tertiary/aromatic N) is 1.